The Morgan fingerprint density at radius 1 is 1.25 bits per heavy atom. The lowest BCUT2D eigenvalue weighted by Gasteiger charge is -2.21. The second kappa shape index (κ2) is 5.92. The van der Waals surface area contributed by atoms with Gasteiger partial charge in [-0.3, -0.25) is 4.79 Å². The zero-order chi connectivity index (χ0) is 14.7. The third-order valence-electron chi connectivity index (χ3n) is 2.92. The minimum absolute atomic E-state index is 0.246. The largest absolute Gasteiger partial charge is 0.399 e. The summed E-state index contributed by atoms with van der Waals surface area (Å²) in [6.45, 7) is 2.29. The van der Waals surface area contributed by atoms with Crippen LogP contribution >= 0.6 is 11.6 Å². The van der Waals surface area contributed by atoms with Crippen molar-refractivity contribution >= 4 is 28.9 Å². The maximum absolute atomic E-state index is 12.9. The van der Waals surface area contributed by atoms with Crippen molar-refractivity contribution in [3.63, 3.8) is 0 Å². The quantitative estimate of drug-likeness (QED) is 0.876. The van der Waals surface area contributed by atoms with Gasteiger partial charge in [-0.25, -0.2) is 4.39 Å². The summed E-state index contributed by atoms with van der Waals surface area (Å²) in [5, 5.41) is 0.301. The van der Waals surface area contributed by atoms with Crippen LogP contribution in [0.5, 0.6) is 0 Å². The van der Waals surface area contributed by atoms with E-state index in [1.807, 2.05) is 6.92 Å². The van der Waals surface area contributed by atoms with Crippen molar-refractivity contribution in [1.29, 1.82) is 0 Å². The van der Waals surface area contributed by atoms with E-state index in [9.17, 15) is 9.18 Å². The number of carbonyl (C=O) groups is 1. The summed E-state index contributed by atoms with van der Waals surface area (Å²) in [6.07, 6.45) is 0. The maximum Gasteiger partial charge on any atom is 0.259 e. The predicted molar refractivity (Wildman–Crippen MR) is 79.6 cm³/mol. The molecule has 0 unspecified atom stereocenters. The van der Waals surface area contributed by atoms with Crippen molar-refractivity contribution in [3.8, 4) is 0 Å². The third kappa shape index (κ3) is 2.91. The Bertz CT molecular complexity index is 628. The molecule has 0 radical (unpaired) electrons. The van der Waals surface area contributed by atoms with Gasteiger partial charge in [-0.05, 0) is 49.4 Å². The Balaban J connectivity index is 2.36. The summed E-state index contributed by atoms with van der Waals surface area (Å²) in [7, 11) is 0. The molecule has 0 aliphatic carbocycles. The molecule has 0 fully saturated rings. The molecule has 2 aromatic carbocycles. The Labute approximate surface area is 121 Å². The van der Waals surface area contributed by atoms with Gasteiger partial charge in [0.1, 0.15) is 5.82 Å². The highest BCUT2D eigenvalue weighted by atomic mass is 35.5. The van der Waals surface area contributed by atoms with Crippen LogP contribution in [0.3, 0.4) is 0 Å². The lowest BCUT2D eigenvalue weighted by Crippen LogP contribution is -2.30. The van der Waals surface area contributed by atoms with Gasteiger partial charge in [0.05, 0.1) is 10.6 Å². The number of nitrogens with two attached hydrogens (primary N) is 1. The molecule has 104 valence electrons. The number of hydrogen-bond donors (Lipinski definition) is 1. The maximum atomic E-state index is 12.9. The summed E-state index contributed by atoms with van der Waals surface area (Å²) in [4.78, 5) is 14.0. The normalized spacial score (nSPS) is 10.3. The summed E-state index contributed by atoms with van der Waals surface area (Å²) < 4.78 is 12.9. The minimum atomic E-state index is -0.345. The second-order valence-electron chi connectivity index (χ2n) is 4.27. The standard InChI is InChI=1S/C15H14ClFN2O/c1-2-19(12-6-3-10(17)4-7-12)15(20)13-8-5-11(18)9-14(13)16/h3-9H,2,18H2,1H3. The van der Waals surface area contributed by atoms with E-state index in [0.29, 0.717) is 28.5 Å². The third-order valence-corrected chi connectivity index (χ3v) is 3.24. The lowest BCUT2D eigenvalue weighted by molar-refractivity contribution is 0.0988. The fraction of sp³-hybridized carbons (Fsp3) is 0.133. The Hall–Kier alpha value is -2.07. The Morgan fingerprint density at radius 3 is 2.45 bits per heavy atom. The van der Waals surface area contributed by atoms with Crippen LogP contribution in [-0.2, 0) is 0 Å². The van der Waals surface area contributed by atoms with E-state index in [-0.39, 0.29) is 11.7 Å². The van der Waals surface area contributed by atoms with Crippen LogP contribution in [0.1, 0.15) is 17.3 Å². The van der Waals surface area contributed by atoms with E-state index >= 15 is 0 Å². The topological polar surface area (TPSA) is 46.3 Å². The molecule has 0 bridgehead atoms. The molecule has 0 aliphatic heterocycles. The van der Waals surface area contributed by atoms with E-state index in [0.717, 1.165) is 0 Å². The predicted octanol–water partition coefficient (Wildman–Crippen LogP) is 3.73. The molecule has 0 spiro atoms. The first kappa shape index (κ1) is 14.3. The molecule has 2 aromatic rings. The van der Waals surface area contributed by atoms with Crippen LogP contribution in [0.15, 0.2) is 42.5 Å². The smallest absolute Gasteiger partial charge is 0.259 e. The molecule has 0 heterocycles. The van der Waals surface area contributed by atoms with E-state index in [2.05, 4.69) is 0 Å². The fourth-order valence-corrected chi connectivity index (χ4v) is 2.18. The van der Waals surface area contributed by atoms with Gasteiger partial charge in [0, 0.05) is 17.9 Å². The molecule has 0 atom stereocenters. The van der Waals surface area contributed by atoms with E-state index in [1.165, 1.54) is 23.1 Å². The molecule has 0 aliphatic rings. The van der Waals surface area contributed by atoms with Gasteiger partial charge >= 0.3 is 0 Å². The SMILES string of the molecule is CCN(C(=O)c1ccc(N)cc1Cl)c1ccc(F)cc1. The van der Waals surface area contributed by atoms with Crippen LogP contribution < -0.4 is 10.6 Å². The van der Waals surface area contributed by atoms with Crippen molar-refractivity contribution in [2.24, 2.45) is 0 Å². The van der Waals surface area contributed by atoms with Crippen molar-refractivity contribution in [3.05, 3.63) is 58.9 Å². The Kier molecular flexibility index (Phi) is 4.25. The van der Waals surface area contributed by atoms with Gasteiger partial charge in [-0.1, -0.05) is 11.6 Å². The highest BCUT2D eigenvalue weighted by Gasteiger charge is 2.18. The van der Waals surface area contributed by atoms with E-state index in [4.69, 9.17) is 17.3 Å². The van der Waals surface area contributed by atoms with Gasteiger partial charge in [0.25, 0.3) is 5.91 Å². The first-order valence-electron chi connectivity index (χ1n) is 6.15. The zero-order valence-electron chi connectivity index (χ0n) is 10.9. The van der Waals surface area contributed by atoms with Crippen LogP contribution in [0.25, 0.3) is 0 Å². The molecule has 5 heteroatoms. The molecule has 0 saturated heterocycles. The molecule has 20 heavy (non-hydrogen) atoms. The number of amides is 1. The second-order valence-corrected chi connectivity index (χ2v) is 4.67. The Morgan fingerprint density at radius 2 is 1.90 bits per heavy atom. The molecule has 0 aromatic heterocycles. The summed E-state index contributed by atoms with van der Waals surface area (Å²) >= 11 is 6.05. The minimum Gasteiger partial charge on any atom is -0.399 e. The molecule has 2 N–H and O–H groups in total. The van der Waals surface area contributed by atoms with Gasteiger partial charge in [0.2, 0.25) is 0 Å². The van der Waals surface area contributed by atoms with Crippen molar-refractivity contribution in [2.45, 2.75) is 6.92 Å². The van der Waals surface area contributed by atoms with Crippen LogP contribution in [0.2, 0.25) is 5.02 Å². The average Bonchev–Trinajstić information content (AvgIpc) is 2.41. The van der Waals surface area contributed by atoms with Crippen molar-refractivity contribution < 1.29 is 9.18 Å². The number of hydrogen-bond acceptors (Lipinski definition) is 2. The first-order chi connectivity index (χ1) is 9.52. The van der Waals surface area contributed by atoms with Crippen molar-refractivity contribution in [1.82, 2.24) is 0 Å². The van der Waals surface area contributed by atoms with Crippen LogP contribution in [-0.4, -0.2) is 12.5 Å². The highest BCUT2D eigenvalue weighted by Crippen LogP contribution is 2.24. The van der Waals surface area contributed by atoms with Gasteiger partial charge in [0.15, 0.2) is 0 Å². The first-order valence-corrected chi connectivity index (χ1v) is 6.53. The number of halogens is 2. The number of anilines is 2. The summed E-state index contributed by atoms with van der Waals surface area (Å²) in [6, 6.07) is 10.5. The molecule has 1 amide bonds. The zero-order valence-corrected chi connectivity index (χ0v) is 11.7. The lowest BCUT2D eigenvalue weighted by atomic mass is 10.1. The van der Waals surface area contributed by atoms with Gasteiger partial charge < -0.3 is 10.6 Å². The number of rotatable bonds is 3. The van der Waals surface area contributed by atoms with E-state index < -0.39 is 0 Å². The van der Waals surface area contributed by atoms with Crippen LogP contribution in [0, 0.1) is 5.82 Å². The molecule has 0 saturated carbocycles. The molecule has 3 nitrogen and oxygen atoms in total. The number of nitrogens with zero attached hydrogens (tertiary/aromatic N) is 1. The highest BCUT2D eigenvalue weighted by molar-refractivity contribution is 6.34. The monoisotopic (exact) mass is 292 g/mol. The van der Waals surface area contributed by atoms with Crippen LogP contribution in [0.4, 0.5) is 15.8 Å². The number of carbonyl (C=O) groups excluding carboxylic acids is 1. The summed E-state index contributed by atoms with van der Waals surface area (Å²) in [5.41, 5.74) is 7.09. The fourth-order valence-electron chi connectivity index (χ4n) is 1.91. The molecular formula is C15H14ClFN2O. The number of benzene rings is 2. The van der Waals surface area contributed by atoms with Crippen molar-refractivity contribution in [2.75, 3.05) is 17.2 Å². The van der Waals surface area contributed by atoms with E-state index in [1.54, 1.807) is 24.3 Å². The number of nitrogen functional groups attached to an aromatic ring is 1. The molecular weight excluding hydrogens is 279 g/mol. The van der Waals surface area contributed by atoms with Gasteiger partial charge in [-0.15, -0.1) is 0 Å². The average molecular weight is 293 g/mol. The summed E-state index contributed by atoms with van der Waals surface area (Å²) in [5.74, 6) is -0.591. The molecule has 2 rings (SSSR count). The van der Waals surface area contributed by atoms with Gasteiger partial charge in [-0.2, -0.15) is 0 Å².